The highest BCUT2D eigenvalue weighted by Gasteiger charge is 2.18. The lowest BCUT2D eigenvalue weighted by Gasteiger charge is -2.04. The predicted octanol–water partition coefficient (Wildman–Crippen LogP) is -0.462. The van der Waals surface area contributed by atoms with E-state index in [1.165, 1.54) is 17.1 Å². The molecular weight excluding hydrogens is 148 g/mol. The minimum absolute atomic E-state index is 0.275. The summed E-state index contributed by atoms with van der Waals surface area (Å²) in [5.74, 6) is -1.27. The van der Waals surface area contributed by atoms with Crippen LogP contribution in [0.15, 0.2) is 12.5 Å². The standard InChI is InChI=1S/C6H8N2O3/c1-8-3-7-2-4(8)5(9)6(10)11/h2-3,5,9H,1H3,(H,10,11)/t5-/m0/s1. The van der Waals surface area contributed by atoms with Crippen molar-refractivity contribution in [1.29, 1.82) is 0 Å². The number of hydrogen-bond donors (Lipinski definition) is 2. The van der Waals surface area contributed by atoms with Crippen molar-refractivity contribution >= 4 is 5.97 Å². The van der Waals surface area contributed by atoms with Gasteiger partial charge < -0.3 is 14.8 Å². The minimum Gasteiger partial charge on any atom is -0.479 e. The summed E-state index contributed by atoms with van der Waals surface area (Å²) in [6.45, 7) is 0. The fraction of sp³-hybridized carbons (Fsp3) is 0.333. The van der Waals surface area contributed by atoms with Crippen LogP contribution in [-0.4, -0.2) is 25.7 Å². The number of rotatable bonds is 2. The van der Waals surface area contributed by atoms with E-state index in [1.54, 1.807) is 7.05 Å². The molecule has 0 aliphatic heterocycles. The zero-order chi connectivity index (χ0) is 8.43. The molecule has 0 radical (unpaired) electrons. The lowest BCUT2D eigenvalue weighted by Crippen LogP contribution is -2.13. The summed E-state index contributed by atoms with van der Waals surface area (Å²) in [6, 6.07) is 0. The molecule has 11 heavy (non-hydrogen) atoms. The monoisotopic (exact) mass is 156 g/mol. The third kappa shape index (κ3) is 1.38. The van der Waals surface area contributed by atoms with Crippen LogP contribution in [0.2, 0.25) is 0 Å². The predicted molar refractivity (Wildman–Crippen MR) is 35.8 cm³/mol. The van der Waals surface area contributed by atoms with Crippen molar-refractivity contribution in [2.45, 2.75) is 6.10 Å². The number of aromatic nitrogens is 2. The molecule has 0 saturated heterocycles. The summed E-state index contributed by atoms with van der Waals surface area (Å²) in [7, 11) is 1.62. The Balaban J connectivity index is 2.92. The van der Waals surface area contributed by atoms with E-state index in [9.17, 15) is 4.79 Å². The normalized spacial score (nSPS) is 12.9. The van der Waals surface area contributed by atoms with Gasteiger partial charge in [-0.2, -0.15) is 0 Å². The summed E-state index contributed by atoms with van der Waals surface area (Å²) in [5, 5.41) is 17.4. The van der Waals surface area contributed by atoms with Gasteiger partial charge in [-0.05, 0) is 0 Å². The molecule has 0 aromatic carbocycles. The van der Waals surface area contributed by atoms with E-state index >= 15 is 0 Å². The molecule has 1 atom stereocenters. The van der Waals surface area contributed by atoms with Gasteiger partial charge in [0.2, 0.25) is 0 Å². The molecular formula is C6H8N2O3. The van der Waals surface area contributed by atoms with Crippen molar-refractivity contribution < 1.29 is 15.0 Å². The molecule has 0 spiro atoms. The average molecular weight is 156 g/mol. The molecule has 5 heteroatoms. The highest BCUT2D eigenvalue weighted by atomic mass is 16.4. The lowest BCUT2D eigenvalue weighted by molar-refractivity contribution is -0.147. The number of nitrogens with zero attached hydrogens (tertiary/aromatic N) is 2. The molecule has 1 aromatic rings. The van der Waals surface area contributed by atoms with Crippen molar-refractivity contribution in [2.24, 2.45) is 7.05 Å². The minimum atomic E-state index is -1.48. The van der Waals surface area contributed by atoms with Crippen LogP contribution in [0.1, 0.15) is 11.8 Å². The van der Waals surface area contributed by atoms with Crippen LogP contribution in [-0.2, 0) is 11.8 Å². The van der Waals surface area contributed by atoms with Crippen LogP contribution in [0.4, 0.5) is 0 Å². The average Bonchev–Trinajstić information content (AvgIpc) is 2.33. The quantitative estimate of drug-likeness (QED) is 0.607. The Morgan fingerprint density at radius 2 is 2.45 bits per heavy atom. The molecule has 0 aliphatic rings. The van der Waals surface area contributed by atoms with Gasteiger partial charge in [-0.25, -0.2) is 9.78 Å². The highest BCUT2D eigenvalue weighted by Crippen LogP contribution is 2.09. The number of carboxylic acid groups (broad SMARTS) is 1. The molecule has 0 unspecified atom stereocenters. The van der Waals surface area contributed by atoms with Crippen molar-refractivity contribution in [3.63, 3.8) is 0 Å². The molecule has 1 rings (SSSR count). The van der Waals surface area contributed by atoms with Crippen LogP contribution < -0.4 is 0 Å². The third-order valence-corrected chi connectivity index (χ3v) is 1.37. The molecule has 0 bridgehead atoms. The maximum absolute atomic E-state index is 10.3. The third-order valence-electron chi connectivity index (χ3n) is 1.37. The number of imidazole rings is 1. The second kappa shape index (κ2) is 2.71. The summed E-state index contributed by atoms with van der Waals surface area (Å²) < 4.78 is 1.46. The number of aliphatic carboxylic acids is 1. The van der Waals surface area contributed by atoms with E-state index in [0.717, 1.165) is 0 Å². The van der Waals surface area contributed by atoms with E-state index in [2.05, 4.69) is 4.98 Å². The Morgan fingerprint density at radius 1 is 1.82 bits per heavy atom. The fourth-order valence-corrected chi connectivity index (χ4v) is 0.757. The van der Waals surface area contributed by atoms with Crippen LogP contribution >= 0.6 is 0 Å². The van der Waals surface area contributed by atoms with Crippen molar-refractivity contribution in [1.82, 2.24) is 9.55 Å². The number of aliphatic hydroxyl groups is 1. The van der Waals surface area contributed by atoms with Gasteiger partial charge in [0.15, 0.2) is 6.10 Å². The van der Waals surface area contributed by atoms with E-state index in [1.807, 2.05) is 0 Å². The molecule has 0 saturated carbocycles. The largest absolute Gasteiger partial charge is 0.479 e. The van der Waals surface area contributed by atoms with Gasteiger partial charge in [0.05, 0.1) is 18.2 Å². The zero-order valence-corrected chi connectivity index (χ0v) is 5.93. The maximum atomic E-state index is 10.3. The first-order chi connectivity index (χ1) is 5.13. The van der Waals surface area contributed by atoms with E-state index in [-0.39, 0.29) is 5.69 Å². The first-order valence-corrected chi connectivity index (χ1v) is 3.00. The lowest BCUT2D eigenvalue weighted by atomic mass is 10.3. The Labute approximate surface area is 62.9 Å². The molecule has 1 aromatic heterocycles. The second-order valence-corrected chi connectivity index (χ2v) is 2.17. The van der Waals surface area contributed by atoms with Gasteiger partial charge in [0.1, 0.15) is 0 Å². The number of carbonyl (C=O) groups is 1. The molecule has 0 fully saturated rings. The summed E-state index contributed by atoms with van der Waals surface area (Å²) in [5.41, 5.74) is 0.275. The zero-order valence-electron chi connectivity index (χ0n) is 5.93. The summed E-state index contributed by atoms with van der Waals surface area (Å²) in [4.78, 5) is 13.9. The Bertz CT molecular complexity index is 269. The van der Waals surface area contributed by atoms with E-state index in [4.69, 9.17) is 10.2 Å². The Kier molecular flexibility index (Phi) is 1.91. The molecule has 2 N–H and O–H groups in total. The summed E-state index contributed by atoms with van der Waals surface area (Å²) in [6.07, 6.45) is 1.27. The molecule has 0 aliphatic carbocycles. The Morgan fingerprint density at radius 3 is 2.82 bits per heavy atom. The van der Waals surface area contributed by atoms with Crippen LogP contribution in [0.25, 0.3) is 0 Å². The van der Waals surface area contributed by atoms with Gasteiger partial charge in [-0.3, -0.25) is 0 Å². The number of aryl methyl sites for hydroxylation is 1. The van der Waals surface area contributed by atoms with Crippen LogP contribution in [0, 0.1) is 0 Å². The number of hydrogen-bond acceptors (Lipinski definition) is 3. The van der Waals surface area contributed by atoms with Gasteiger partial charge in [0, 0.05) is 7.05 Å². The SMILES string of the molecule is Cn1cncc1[C@H](O)C(=O)O. The van der Waals surface area contributed by atoms with Crippen molar-refractivity contribution in [2.75, 3.05) is 0 Å². The van der Waals surface area contributed by atoms with Gasteiger partial charge in [-0.1, -0.05) is 0 Å². The maximum Gasteiger partial charge on any atom is 0.338 e. The smallest absolute Gasteiger partial charge is 0.338 e. The van der Waals surface area contributed by atoms with Crippen LogP contribution in [0.5, 0.6) is 0 Å². The fourth-order valence-electron chi connectivity index (χ4n) is 0.757. The molecule has 1 heterocycles. The van der Waals surface area contributed by atoms with Gasteiger partial charge >= 0.3 is 5.97 Å². The molecule has 5 nitrogen and oxygen atoms in total. The molecule has 60 valence electrons. The Hall–Kier alpha value is -1.36. The van der Waals surface area contributed by atoms with E-state index < -0.39 is 12.1 Å². The van der Waals surface area contributed by atoms with Gasteiger partial charge in [-0.15, -0.1) is 0 Å². The topological polar surface area (TPSA) is 75.3 Å². The first-order valence-electron chi connectivity index (χ1n) is 3.00. The van der Waals surface area contributed by atoms with E-state index in [0.29, 0.717) is 0 Å². The first kappa shape index (κ1) is 7.74. The van der Waals surface area contributed by atoms with Crippen LogP contribution in [0.3, 0.4) is 0 Å². The van der Waals surface area contributed by atoms with Crippen molar-refractivity contribution in [3.8, 4) is 0 Å². The second-order valence-electron chi connectivity index (χ2n) is 2.17. The molecule has 0 amide bonds. The van der Waals surface area contributed by atoms with Crippen molar-refractivity contribution in [3.05, 3.63) is 18.2 Å². The number of carboxylic acids is 1. The number of aliphatic hydroxyl groups excluding tert-OH is 1. The highest BCUT2D eigenvalue weighted by molar-refractivity contribution is 5.73. The summed E-state index contributed by atoms with van der Waals surface area (Å²) >= 11 is 0. The van der Waals surface area contributed by atoms with Gasteiger partial charge in [0.25, 0.3) is 0 Å².